The highest BCUT2D eigenvalue weighted by molar-refractivity contribution is 5.49. The average molecular weight is 322 g/mol. The van der Waals surface area contributed by atoms with E-state index in [1.54, 1.807) is 0 Å². The first-order chi connectivity index (χ1) is 10.9. The Morgan fingerprint density at radius 2 is 2.09 bits per heavy atom. The molecule has 0 aromatic rings. The van der Waals surface area contributed by atoms with Crippen molar-refractivity contribution in [2.75, 3.05) is 0 Å². The molecule has 3 rings (SSSR count). The Kier molecular flexibility index (Phi) is 4.45. The lowest BCUT2D eigenvalue weighted by Gasteiger charge is -2.50. The van der Waals surface area contributed by atoms with Crippen molar-refractivity contribution >= 4 is 6.29 Å². The van der Waals surface area contributed by atoms with Gasteiger partial charge in [-0.05, 0) is 45.4 Å². The number of carbonyl (C=O) groups excluding carboxylic acids is 1. The Morgan fingerprint density at radius 1 is 1.35 bits per heavy atom. The molecule has 23 heavy (non-hydrogen) atoms. The van der Waals surface area contributed by atoms with Crippen LogP contribution in [0.25, 0.3) is 0 Å². The van der Waals surface area contributed by atoms with Crippen molar-refractivity contribution in [1.29, 1.82) is 0 Å². The fourth-order valence-corrected chi connectivity index (χ4v) is 5.74. The molecular formula is C19H30O4. The van der Waals surface area contributed by atoms with Crippen molar-refractivity contribution in [2.24, 2.45) is 23.2 Å². The molecule has 0 aromatic carbocycles. The molecule has 1 N–H and O–H groups in total. The first-order valence-electron chi connectivity index (χ1n) is 8.94. The van der Waals surface area contributed by atoms with Crippen molar-refractivity contribution in [2.45, 2.75) is 77.0 Å². The summed E-state index contributed by atoms with van der Waals surface area (Å²) in [5.74, 6) is 0.628. The predicted molar refractivity (Wildman–Crippen MR) is 87.8 cm³/mol. The van der Waals surface area contributed by atoms with E-state index in [1.807, 2.05) is 6.08 Å². The Bertz CT molecular complexity index is 474. The minimum Gasteiger partial charge on any atom is -0.393 e. The molecule has 0 spiro atoms. The zero-order valence-electron chi connectivity index (χ0n) is 14.5. The van der Waals surface area contributed by atoms with Crippen molar-refractivity contribution in [3.63, 3.8) is 0 Å². The van der Waals surface area contributed by atoms with E-state index in [1.165, 1.54) is 0 Å². The highest BCUT2D eigenvalue weighted by atomic mass is 16.7. The standard InChI is InChI=1S/C19H30O4/c1-5-6-8-14-16-12(2)13(21)11-15-18(3,4)23-17(22-14)19(15,16)9-7-10-20/h5,10,12-17,21H,1,6-9,11H2,2-4H3/t12-,13-,14+,15-,16+,17-,19+/m0/s1. The summed E-state index contributed by atoms with van der Waals surface area (Å²) >= 11 is 0. The lowest BCUT2D eigenvalue weighted by molar-refractivity contribution is -0.176. The maximum absolute atomic E-state index is 11.1. The second kappa shape index (κ2) is 5.98. The smallest absolute Gasteiger partial charge is 0.165 e. The van der Waals surface area contributed by atoms with E-state index in [9.17, 15) is 9.90 Å². The van der Waals surface area contributed by atoms with E-state index in [-0.39, 0.29) is 47.3 Å². The van der Waals surface area contributed by atoms with Crippen LogP contribution in [0.5, 0.6) is 0 Å². The van der Waals surface area contributed by atoms with Crippen LogP contribution in [0.3, 0.4) is 0 Å². The molecule has 2 aliphatic heterocycles. The topological polar surface area (TPSA) is 55.8 Å². The van der Waals surface area contributed by atoms with Crippen LogP contribution in [0, 0.1) is 23.2 Å². The first kappa shape index (κ1) is 17.1. The van der Waals surface area contributed by atoms with Crippen molar-refractivity contribution < 1.29 is 19.4 Å². The maximum atomic E-state index is 11.1. The quantitative estimate of drug-likeness (QED) is 0.603. The summed E-state index contributed by atoms with van der Waals surface area (Å²) in [4.78, 5) is 11.1. The molecule has 2 heterocycles. The van der Waals surface area contributed by atoms with Gasteiger partial charge >= 0.3 is 0 Å². The van der Waals surface area contributed by atoms with E-state index < -0.39 is 0 Å². The minimum absolute atomic E-state index is 0.0770. The van der Waals surface area contributed by atoms with Crippen LogP contribution in [-0.2, 0) is 14.3 Å². The molecule has 2 saturated heterocycles. The fourth-order valence-electron chi connectivity index (χ4n) is 5.74. The number of aldehydes is 1. The highest BCUT2D eigenvalue weighted by Gasteiger charge is 2.71. The minimum atomic E-state index is -0.330. The zero-order valence-corrected chi connectivity index (χ0v) is 14.5. The molecule has 0 amide bonds. The molecule has 3 fully saturated rings. The normalized spacial score (nSPS) is 47.3. The molecule has 7 atom stereocenters. The van der Waals surface area contributed by atoms with E-state index >= 15 is 0 Å². The molecule has 1 aliphatic carbocycles. The second-order valence-corrected chi connectivity index (χ2v) is 8.15. The van der Waals surface area contributed by atoms with Crippen LogP contribution < -0.4 is 0 Å². The van der Waals surface area contributed by atoms with Crippen molar-refractivity contribution in [3.05, 3.63) is 12.7 Å². The summed E-state index contributed by atoms with van der Waals surface area (Å²) in [6.45, 7) is 10.1. The largest absolute Gasteiger partial charge is 0.393 e. The van der Waals surface area contributed by atoms with Gasteiger partial charge in [-0.3, -0.25) is 0 Å². The van der Waals surface area contributed by atoms with Crippen LogP contribution in [-0.4, -0.2) is 35.5 Å². The van der Waals surface area contributed by atoms with Gasteiger partial charge in [0.25, 0.3) is 0 Å². The van der Waals surface area contributed by atoms with Crippen molar-refractivity contribution in [1.82, 2.24) is 0 Å². The van der Waals surface area contributed by atoms with E-state index in [0.29, 0.717) is 6.42 Å². The Hall–Kier alpha value is -0.710. The molecule has 0 radical (unpaired) electrons. The molecule has 4 heteroatoms. The highest BCUT2D eigenvalue weighted by Crippen LogP contribution is 2.67. The summed E-state index contributed by atoms with van der Waals surface area (Å²) in [7, 11) is 0. The molecule has 0 unspecified atom stereocenters. The number of hydrogen-bond donors (Lipinski definition) is 1. The lowest BCUT2D eigenvalue weighted by Crippen LogP contribution is -2.54. The number of allylic oxidation sites excluding steroid dienone is 1. The van der Waals surface area contributed by atoms with Gasteiger partial charge in [-0.1, -0.05) is 13.0 Å². The number of hydrogen-bond acceptors (Lipinski definition) is 4. The van der Waals surface area contributed by atoms with Crippen molar-refractivity contribution in [3.8, 4) is 0 Å². The summed E-state index contributed by atoms with van der Waals surface area (Å²) in [5.41, 5.74) is -0.467. The summed E-state index contributed by atoms with van der Waals surface area (Å²) in [6.07, 6.45) is 6.28. The Balaban J connectivity index is 2.01. The van der Waals surface area contributed by atoms with Crippen LogP contribution >= 0.6 is 0 Å². The fraction of sp³-hybridized carbons (Fsp3) is 0.842. The third-order valence-electron chi connectivity index (χ3n) is 6.66. The lowest BCUT2D eigenvalue weighted by atomic mass is 9.52. The van der Waals surface area contributed by atoms with E-state index in [4.69, 9.17) is 9.47 Å². The molecule has 0 aromatic heterocycles. The van der Waals surface area contributed by atoms with Crippen LogP contribution in [0.1, 0.15) is 52.9 Å². The monoisotopic (exact) mass is 322 g/mol. The Labute approximate surface area is 139 Å². The molecule has 1 saturated carbocycles. The SMILES string of the molecule is C=CCC[C@H]1O[C@H]2OC(C)(C)[C@@H]3C[C@H](O)[C@H](C)[C@H]1[C@]23CCC=O. The number of rotatable bonds is 6. The third-order valence-corrected chi connectivity index (χ3v) is 6.66. The average Bonchev–Trinajstić information content (AvgIpc) is 2.90. The van der Waals surface area contributed by atoms with E-state index in [0.717, 1.165) is 32.0 Å². The molecule has 4 nitrogen and oxygen atoms in total. The van der Waals surface area contributed by atoms with Gasteiger partial charge in [0.05, 0.1) is 17.8 Å². The molecule has 3 aliphatic rings. The van der Waals surface area contributed by atoms with Gasteiger partial charge in [0, 0.05) is 23.7 Å². The number of aliphatic hydroxyl groups excluding tert-OH is 1. The number of ether oxygens (including phenoxy) is 2. The molecule has 130 valence electrons. The van der Waals surface area contributed by atoms with Gasteiger partial charge in [0.15, 0.2) is 6.29 Å². The maximum Gasteiger partial charge on any atom is 0.165 e. The summed E-state index contributed by atoms with van der Waals surface area (Å²) in [6, 6.07) is 0. The summed E-state index contributed by atoms with van der Waals surface area (Å²) in [5, 5.41) is 10.7. The molecular weight excluding hydrogens is 292 g/mol. The zero-order chi connectivity index (χ0) is 16.8. The van der Waals surface area contributed by atoms with Gasteiger partial charge in [-0.15, -0.1) is 6.58 Å². The van der Waals surface area contributed by atoms with Gasteiger partial charge < -0.3 is 19.4 Å². The first-order valence-corrected chi connectivity index (χ1v) is 8.94. The van der Waals surface area contributed by atoms with Gasteiger partial charge in [0.1, 0.15) is 6.29 Å². The number of aliphatic hydroxyl groups is 1. The predicted octanol–water partition coefficient (Wildman–Crippen LogP) is 3.08. The van der Waals surface area contributed by atoms with Gasteiger partial charge in [-0.2, -0.15) is 0 Å². The third kappa shape index (κ3) is 2.41. The van der Waals surface area contributed by atoms with Crippen LogP contribution in [0.15, 0.2) is 12.7 Å². The molecule has 0 bridgehead atoms. The number of carbonyl (C=O) groups is 1. The Morgan fingerprint density at radius 3 is 2.74 bits per heavy atom. The van der Waals surface area contributed by atoms with Crippen LogP contribution in [0.2, 0.25) is 0 Å². The van der Waals surface area contributed by atoms with Gasteiger partial charge in [0.2, 0.25) is 0 Å². The van der Waals surface area contributed by atoms with E-state index in [2.05, 4.69) is 27.4 Å². The second-order valence-electron chi connectivity index (χ2n) is 8.15. The van der Waals surface area contributed by atoms with Gasteiger partial charge in [-0.25, -0.2) is 0 Å². The van der Waals surface area contributed by atoms with Crippen LogP contribution in [0.4, 0.5) is 0 Å². The summed E-state index contributed by atoms with van der Waals surface area (Å²) < 4.78 is 12.7.